The molecule has 1 spiro atoms. The molecule has 2 nitrogen and oxygen atoms in total. The summed E-state index contributed by atoms with van der Waals surface area (Å²) in [5, 5.41) is 0. The SMILES string of the molecule is CC1CC2(CCN(CC3CN(C)C3)CC2)C1. The molecule has 92 valence electrons. The van der Waals surface area contributed by atoms with E-state index in [1.165, 1.54) is 58.4 Å². The van der Waals surface area contributed by atoms with Crippen LogP contribution in [0.1, 0.15) is 32.6 Å². The van der Waals surface area contributed by atoms with Gasteiger partial charge in [0.25, 0.3) is 0 Å². The van der Waals surface area contributed by atoms with Crippen molar-refractivity contribution in [1.29, 1.82) is 0 Å². The van der Waals surface area contributed by atoms with Gasteiger partial charge in [-0.3, -0.25) is 0 Å². The van der Waals surface area contributed by atoms with Gasteiger partial charge in [0.05, 0.1) is 0 Å². The Labute approximate surface area is 100.0 Å². The summed E-state index contributed by atoms with van der Waals surface area (Å²) in [5.74, 6) is 1.99. The highest BCUT2D eigenvalue weighted by Gasteiger charge is 2.43. The lowest BCUT2D eigenvalue weighted by atomic mass is 9.58. The van der Waals surface area contributed by atoms with Crippen LogP contribution in [0.3, 0.4) is 0 Å². The van der Waals surface area contributed by atoms with Crippen LogP contribution in [0.4, 0.5) is 0 Å². The number of rotatable bonds is 2. The average molecular weight is 222 g/mol. The maximum Gasteiger partial charge on any atom is 0.00342 e. The third-order valence-corrected chi connectivity index (χ3v) is 5.14. The lowest BCUT2D eigenvalue weighted by Gasteiger charge is -2.52. The fourth-order valence-corrected chi connectivity index (χ4v) is 4.35. The van der Waals surface area contributed by atoms with Gasteiger partial charge in [-0.05, 0) is 63.1 Å². The van der Waals surface area contributed by atoms with E-state index in [4.69, 9.17) is 0 Å². The largest absolute Gasteiger partial charge is 0.306 e. The van der Waals surface area contributed by atoms with E-state index in [2.05, 4.69) is 23.8 Å². The second kappa shape index (κ2) is 3.99. The smallest absolute Gasteiger partial charge is 0.00342 e. The Morgan fingerprint density at radius 2 is 1.75 bits per heavy atom. The fourth-order valence-electron chi connectivity index (χ4n) is 4.35. The molecule has 0 bridgehead atoms. The van der Waals surface area contributed by atoms with Gasteiger partial charge >= 0.3 is 0 Å². The molecule has 0 unspecified atom stereocenters. The number of nitrogens with zero attached hydrogens (tertiary/aromatic N) is 2. The number of likely N-dealkylation sites (tertiary alicyclic amines) is 2. The topological polar surface area (TPSA) is 6.48 Å². The van der Waals surface area contributed by atoms with Crippen LogP contribution in [0, 0.1) is 17.3 Å². The molecule has 1 saturated carbocycles. The Bertz CT molecular complexity index is 241. The molecule has 2 heteroatoms. The molecule has 2 aliphatic heterocycles. The molecule has 0 aromatic heterocycles. The van der Waals surface area contributed by atoms with Gasteiger partial charge in [0.1, 0.15) is 0 Å². The minimum Gasteiger partial charge on any atom is -0.306 e. The summed E-state index contributed by atoms with van der Waals surface area (Å²) < 4.78 is 0. The average Bonchev–Trinajstić information content (AvgIpc) is 2.17. The molecule has 0 radical (unpaired) electrons. The Balaban J connectivity index is 1.41. The maximum atomic E-state index is 2.73. The van der Waals surface area contributed by atoms with Gasteiger partial charge in [0, 0.05) is 19.6 Å². The molecule has 16 heavy (non-hydrogen) atoms. The third-order valence-electron chi connectivity index (χ3n) is 5.14. The first kappa shape index (κ1) is 11.0. The molecule has 0 aromatic rings. The van der Waals surface area contributed by atoms with Crippen LogP contribution in [-0.4, -0.2) is 49.6 Å². The lowest BCUT2D eigenvalue weighted by molar-refractivity contribution is -0.0180. The molecule has 3 rings (SSSR count). The highest BCUT2D eigenvalue weighted by atomic mass is 15.2. The van der Waals surface area contributed by atoms with Crippen LogP contribution in [0.25, 0.3) is 0 Å². The maximum absolute atomic E-state index is 2.73. The first-order valence-corrected chi connectivity index (χ1v) is 7.06. The van der Waals surface area contributed by atoms with Crippen LogP contribution in [0.2, 0.25) is 0 Å². The van der Waals surface area contributed by atoms with E-state index < -0.39 is 0 Å². The van der Waals surface area contributed by atoms with Crippen molar-refractivity contribution >= 4 is 0 Å². The van der Waals surface area contributed by atoms with Crippen molar-refractivity contribution in [3.63, 3.8) is 0 Å². The van der Waals surface area contributed by atoms with Crippen LogP contribution in [0.5, 0.6) is 0 Å². The molecule has 2 saturated heterocycles. The first-order chi connectivity index (χ1) is 7.65. The minimum absolute atomic E-state index is 0.798. The van der Waals surface area contributed by atoms with Crippen LogP contribution in [0.15, 0.2) is 0 Å². The molecule has 0 N–H and O–H groups in total. The van der Waals surface area contributed by atoms with E-state index >= 15 is 0 Å². The van der Waals surface area contributed by atoms with Crippen molar-refractivity contribution in [1.82, 2.24) is 9.80 Å². The fraction of sp³-hybridized carbons (Fsp3) is 1.00. The summed E-state index contributed by atoms with van der Waals surface area (Å²) >= 11 is 0. The normalized spacial score (nSPS) is 32.6. The second-order valence-corrected chi connectivity index (χ2v) is 6.90. The van der Waals surface area contributed by atoms with E-state index in [1.54, 1.807) is 0 Å². The van der Waals surface area contributed by atoms with Crippen molar-refractivity contribution in [3.8, 4) is 0 Å². The molecular formula is C14H26N2. The van der Waals surface area contributed by atoms with E-state index in [-0.39, 0.29) is 0 Å². The zero-order valence-electron chi connectivity index (χ0n) is 10.9. The Hall–Kier alpha value is -0.0800. The molecule has 0 amide bonds. The van der Waals surface area contributed by atoms with E-state index in [0.717, 1.165) is 17.3 Å². The van der Waals surface area contributed by atoms with Gasteiger partial charge in [-0.25, -0.2) is 0 Å². The molecule has 1 aliphatic carbocycles. The monoisotopic (exact) mass is 222 g/mol. The molecule has 0 atom stereocenters. The Kier molecular flexibility index (Phi) is 2.75. The van der Waals surface area contributed by atoms with Gasteiger partial charge in [-0.1, -0.05) is 6.92 Å². The van der Waals surface area contributed by atoms with E-state index in [1.807, 2.05) is 0 Å². The van der Waals surface area contributed by atoms with Gasteiger partial charge in [0.15, 0.2) is 0 Å². The van der Waals surface area contributed by atoms with Crippen molar-refractivity contribution in [2.24, 2.45) is 17.3 Å². The quantitative estimate of drug-likeness (QED) is 0.705. The van der Waals surface area contributed by atoms with Crippen LogP contribution in [-0.2, 0) is 0 Å². The van der Waals surface area contributed by atoms with Gasteiger partial charge in [-0.15, -0.1) is 0 Å². The van der Waals surface area contributed by atoms with Crippen LogP contribution >= 0.6 is 0 Å². The molecular weight excluding hydrogens is 196 g/mol. The summed E-state index contributed by atoms with van der Waals surface area (Å²) in [5.41, 5.74) is 0.798. The van der Waals surface area contributed by atoms with Crippen molar-refractivity contribution in [2.45, 2.75) is 32.6 Å². The minimum atomic E-state index is 0.798. The zero-order valence-corrected chi connectivity index (χ0v) is 10.9. The van der Waals surface area contributed by atoms with Gasteiger partial charge in [-0.2, -0.15) is 0 Å². The van der Waals surface area contributed by atoms with E-state index in [9.17, 15) is 0 Å². The number of piperidine rings is 1. The summed E-state index contributed by atoms with van der Waals surface area (Å²) in [7, 11) is 2.23. The zero-order chi connectivity index (χ0) is 11.2. The third kappa shape index (κ3) is 2.02. The molecule has 3 aliphatic rings. The number of hydrogen-bond donors (Lipinski definition) is 0. The first-order valence-electron chi connectivity index (χ1n) is 7.06. The van der Waals surface area contributed by atoms with Crippen molar-refractivity contribution in [2.75, 3.05) is 39.8 Å². The van der Waals surface area contributed by atoms with E-state index in [0.29, 0.717) is 0 Å². The van der Waals surface area contributed by atoms with Gasteiger partial charge < -0.3 is 9.80 Å². The molecule has 2 heterocycles. The highest BCUT2D eigenvalue weighted by molar-refractivity contribution is 4.96. The number of hydrogen-bond acceptors (Lipinski definition) is 2. The Morgan fingerprint density at radius 1 is 1.12 bits per heavy atom. The second-order valence-electron chi connectivity index (χ2n) is 6.90. The predicted molar refractivity (Wildman–Crippen MR) is 67.5 cm³/mol. The van der Waals surface area contributed by atoms with Crippen molar-refractivity contribution in [3.05, 3.63) is 0 Å². The Morgan fingerprint density at radius 3 is 2.25 bits per heavy atom. The predicted octanol–water partition coefficient (Wildman–Crippen LogP) is 2.06. The summed E-state index contributed by atoms with van der Waals surface area (Å²) in [6.07, 6.45) is 6.01. The van der Waals surface area contributed by atoms with Crippen molar-refractivity contribution < 1.29 is 0 Å². The van der Waals surface area contributed by atoms with Crippen LogP contribution < -0.4 is 0 Å². The highest BCUT2D eigenvalue weighted by Crippen LogP contribution is 2.52. The standard InChI is InChI=1S/C14H26N2/c1-12-7-14(8-12)3-5-16(6-4-14)11-13-9-15(2)10-13/h12-13H,3-11H2,1-2H3. The lowest BCUT2D eigenvalue weighted by Crippen LogP contribution is -2.52. The summed E-state index contributed by atoms with van der Waals surface area (Å²) in [6.45, 7) is 9.22. The van der Waals surface area contributed by atoms with Gasteiger partial charge in [0.2, 0.25) is 0 Å². The summed E-state index contributed by atoms with van der Waals surface area (Å²) in [6, 6.07) is 0. The molecule has 3 fully saturated rings. The summed E-state index contributed by atoms with van der Waals surface area (Å²) in [4.78, 5) is 5.16. The molecule has 0 aromatic carbocycles.